The Kier molecular flexibility index (Phi) is 5.63. The highest BCUT2D eigenvalue weighted by Crippen LogP contribution is 2.35. The topological polar surface area (TPSA) is 53.6 Å². The molecule has 0 aromatic rings. The number of amides is 1. The van der Waals surface area contributed by atoms with E-state index in [1.165, 1.54) is 57.8 Å². The van der Waals surface area contributed by atoms with Crippen molar-refractivity contribution in [3.8, 4) is 0 Å². The minimum Gasteiger partial charge on any atom is -0.379 e. The molecule has 4 rings (SSSR count). The summed E-state index contributed by atoms with van der Waals surface area (Å²) in [5, 5.41) is 7.02. The zero-order chi connectivity index (χ0) is 17.1. The van der Waals surface area contributed by atoms with Gasteiger partial charge < -0.3 is 15.4 Å². The lowest BCUT2D eigenvalue weighted by Gasteiger charge is -2.48. The maximum absolute atomic E-state index is 12.6. The largest absolute Gasteiger partial charge is 0.379 e. The number of hydrogen-bond acceptors (Lipinski definition) is 4. The zero-order valence-electron chi connectivity index (χ0n) is 15.6. The molecular formula is C20H35N3O2. The van der Waals surface area contributed by atoms with Gasteiger partial charge in [-0.1, -0.05) is 19.3 Å². The van der Waals surface area contributed by atoms with Gasteiger partial charge in [-0.3, -0.25) is 9.69 Å². The van der Waals surface area contributed by atoms with E-state index in [0.717, 1.165) is 39.3 Å². The molecule has 142 valence electrons. The van der Waals surface area contributed by atoms with Crippen LogP contribution in [0.15, 0.2) is 0 Å². The maximum Gasteiger partial charge on any atom is 0.220 e. The number of rotatable bonds is 5. The molecule has 0 spiro atoms. The number of morpholine rings is 1. The molecule has 3 aliphatic heterocycles. The van der Waals surface area contributed by atoms with Gasteiger partial charge in [0.2, 0.25) is 5.91 Å². The summed E-state index contributed by atoms with van der Waals surface area (Å²) in [4.78, 5) is 15.2. The molecule has 2 unspecified atom stereocenters. The number of carbonyl (C=O) groups is 1. The fourth-order valence-corrected chi connectivity index (χ4v) is 5.79. The van der Waals surface area contributed by atoms with Gasteiger partial charge in [0.15, 0.2) is 0 Å². The van der Waals surface area contributed by atoms with Crippen LogP contribution in [0.25, 0.3) is 0 Å². The van der Waals surface area contributed by atoms with E-state index in [9.17, 15) is 4.79 Å². The fraction of sp³-hybridized carbons (Fsp3) is 0.950. The molecule has 2 N–H and O–H groups in total. The molecule has 3 heterocycles. The Balaban J connectivity index is 1.30. The summed E-state index contributed by atoms with van der Waals surface area (Å²) < 4.78 is 5.55. The van der Waals surface area contributed by atoms with Crippen molar-refractivity contribution < 1.29 is 9.53 Å². The lowest BCUT2D eigenvalue weighted by Crippen LogP contribution is -2.59. The van der Waals surface area contributed by atoms with Crippen LogP contribution in [-0.4, -0.2) is 61.3 Å². The number of hydrogen-bond donors (Lipinski definition) is 2. The summed E-state index contributed by atoms with van der Waals surface area (Å²) in [5.41, 5.74) is 0.185. The number of fused-ring (bicyclic) bond motifs is 2. The Bertz CT molecular complexity index is 446. The van der Waals surface area contributed by atoms with Crippen molar-refractivity contribution in [1.29, 1.82) is 0 Å². The standard InChI is InChI=1S/C20H35N3O2/c24-19(14-16-12-17-4-5-18(13-16)22-17)21-15-20(6-2-1-3-7-20)23-8-10-25-11-9-23/h16-18,22H,1-15H2,(H,21,24). The van der Waals surface area contributed by atoms with Gasteiger partial charge in [0, 0.05) is 43.7 Å². The summed E-state index contributed by atoms with van der Waals surface area (Å²) in [5.74, 6) is 0.869. The molecule has 4 fully saturated rings. The normalized spacial score (nSPS) is 35.4. The summed E-state index contributed by atoms with van der Waals surface area (Å²) in [6, 6.07) is 1.35. The highest BCUT2D eigenvalue weighted by molar-refractivity contribution is 5.76. The molecule has 4 aliphatic rings. The van der Waals surface area contributed by atoms with E-state index in [-0.39, 0.29) is 11.4 Å². The van der Waals surface area contributed by atoms with Crippen LogP contribution in [-0.2, 0) is 9.53 Å². The van der Waals surface area contributed by atoms with E-state index < -0.39 is 0 Å². The first-order valence-electron chi connectivity index (χ1n) is 10.6. The Labute approximate surface area is 152 Å². The van der Waals surface area contributed by atoms with Crippen molar-refractivity contribution in [3.63, 3.8) is 0 Å². The van der Waals surface area contributed by atoms with Crippen LogP contribution in [0, 0.1) is 5.92 Å². The van der Waals surface area contributed by atoms with Gasteiger partial charge in [-0.2, -0.15) is 0 Å². The van der Waals surface area contributed by atoms with Gasteiger partial charge in [-0.05, 0) is 44.4 Å². The van der Waals surface area contributed by atoms with Gasteiger partial charge in [0.05, 0.1) is 13.2 Å². The minimum absolute atomic E-state index is 0.185. The van der Waals surface area contributed by atoms with Crippen LogP contribution in [0.4, 0.5) is 0 Å². The average molecular weight is 350 g/mol. The molecule has 0 aromatic heterocycles. The molecular weight excluding hydrogens is 314 g/mol. The quantitative estimate of drug-likeness (QED) is 0.798. The van der Waals surface area contributed by atoms with Crippen LogP contribution in [0.1, 0.15) is 64.2 Å². The SMILES string of the molecule is O=C(CC1CC2CCC(C1)N2)NCC1(N2CCOCC2)CCCCC1. The highest BCUT2D eigenvalue weighted by atomic mass is 16.5. The first kappa shape index (κ1) is 17.7. The van der Waals surface area contributed by atoms with Gasteiger partial charge in [0.25, 0.3) is 0 Å². The number of nitrogens with one attached hydrogen (secondary N) is 2. The van der Waals surface area contributed by atoms with Crippen molar-refractivity contribution in [2.45, 2.75) is 81.8 Å². The highest BCUT2D eigenvalue weighted by Gasteiger charge is 2.39. The molecule has 2 atom stereocenters. The Morgan fingerprint density at radius 2 is 1.76 bits per heavy atom. The molecule has 25 heavy (non-hydrogen) atoms. The second-order valence-electron chi connectivity index (χ2n) is 8.84. The predicted octanol–water partition coefficient (Wildman–Crippen LogP) is 2.06. The number of nitrogens with zero attached hydrogens (tertiary/aromatic N) is 1. The monoisotopic (exact) mass is 349 g/mol. The van der Waals surface area contributed by atoms with Crippen molar-refractivity contribution in [2.24, 2.45) is 5.92 Å². The zero-order valence-corrected chi connectivity index (χ0v) is 15.6. The van der Waals surface area contributed by atoms with E-state index in [1.54, 1.807) is 0 Å². The second kappa shape index (κ2) is 7.93. The van der Waals surface area contributed by atoms with Gasteiger partial charge in [0.1, 0.15) is 0 Å². The third-order valence-electron chi connectivity index (χ3n) is 7.13. The lowest BCUT2D eigenvalue weighted by atomic mass is 9.79. The molecule has 3 saturated heterocycles. The molecule has 1 amide bonds. The van der Waals surface area contributed by atoms with E-state index in [0.29, 0.717) is 18.0 Å². The van der Waals surface area contributed by atoms with Crippen LogP contribution in [0.2, 0.25) is 0 Å². The Morgan fingerprint density at radius 1 is 1.08 bits per heavy atom. The third-order valence-corrected chi connectivity index (χ3v) is 7.13. The van der Waals surface area contributed by atoms with Crippen molar-refractivity contribution in [3.05, 3.63) is 0 Å². The van der Waals surface area contributed by atoms with Crippen LogP contribution in [0.3, 0.4) is 0 Å². The van der Waals surface area contributed by atoms with Crippen LogP contribution in [0.5, 0.6) is 0 Å². The van der Waals surface area contributed by atoms with E-state index >= 15 is 0 Å². The molecule has 1 saturated carbocycles. The van der Waals surface area contributed by atoms with E-state index in [2.05, 4.69) is 15.5 Å². The number of carbonyl (C=O) groups excluding carboxylic acids is 1. The van der Waals surface area contributed by atoms with Crippen molar-refractivity contribution >= 4 is 5.91 Å². The molecule has 5 heteroatoms. The third kappa shape index (κ3) is 4.20. The summed E-state index contributed by atoms with van der Waals surface area (Å²) >= 11 is 0. The second-order valence-corrected chi connectivity index (χ2v) is 8.84. The minimum atomic E-state index is 0.185. The van der Waals surface area contributed by atoms with Gasteiger partial charge >= 0.3 is 0 Å². The number of piperidine rings is 1. The summed E-state index contributed by atoms with van der Waals surface area (Å²) in [6.45, 7) is 4.56. The molecule has 5 nitrogen and oxygen atoms in total. The summed E-state index contributed by atoms with van der Waals surface area (Å²) in [6.07, 6.45) is 12.1. The lowest BCUT2D eigenvalue weighted by molar-refractivity contribution is -0.123. The Hall–Kier alpha value is -0.650. The van der Waals surface area contributed by atoms with Gasteiger partial charge in [-0.15, -0.1) is 0 Å². The van der Waals surface area contributed by atoms with Crippen LogP contribution >= 0.6 is 0 Å². The maximum atomic E-state index is 12.6. The molecule has 2 bridgehead atoms. The molecule has 1 aliphatic carbocycles. The fourth-order valence-electron chi connectivity index (χ4n) is 5.79. The van der Waals surface area contributed by atoms with Crippen LogP contribution < -0.4 is 10.6 Å². The molecule has 0 aromatic carbocycles. The smallest absolute Gasteiger partial charge is 0.220 e. The Morgan fingerprint density at radius 3 is 2.44 bits per heavy atom. The average Bonchev–Trinajstić information content (AvgIpc) is 3.00. The molecule has 0 radical (unpaired) electrons. The van der Waals surface area contributed by atoms with Crippen molar-refractivity contribution in [2.75, 3.05) is 32.8 Å². The number of ether oxygens (including phenoxy) is 1. The van der Waals surface area contributed by atoms with Crippen molar-refractivity contribution in [1.82, 2.24) is 15.5 Å². The van der Waals surface area contributed by atoms with E-state index in [4.69, 9.17) is 4.74 Å². The predicted molar refractivity (Wildman–Crippen MR) is 98.5 cm³/mol. The summed E-state index contributed by atoms with van der Waals surface area (Å²) in [7, 11) is 0. The first-order chi connectivity index (χ1) is 12.2. The first-order valence-corrected chi connectivity index (χ1v) is 10.6. The van der Waals surface area contributed by atoms with E-state index in [1.807, 2.05) is 0 Å². The van der Waals surface area contributed by atoms with Gasteiger partial charge in [-0.25, -0.2) is 0 Å².